The summed E-state index contributed by atoms with van der Waals surface area (Å²) in [6, 6.07) is 0.763. The Morgan fingerprint density at radius 2 is 2.06 bits per heavy atom. The third-order valence-electron chi connectivity index (χ3n) is 4.10. The van der Waals surface area contributed by atoms with Crippen molar-refractivity contribution in [2.24, 2.45) is 0 Å². The lowest BCUT2D eigenvalue weighted by Gasteiger charge is -2.39. The van der Waals surface area contributed by atoms with Gasteiger partial charge in [0.05, 0.1) is 0 Å². The van der Waals surface area contributed by atoms with Crippen molar-refractivity contribution in [1.82, 2.24) is 19.8 Å². The molecule has 2 aliphatic rings. The summed E-state index contributed by atoms with van der Waals surface area (Å²) in [6.45, 7) is 4.68. The predicted octanol–water partition coefficient (Wildman–Crippen LogP) is 0.929. The van der Waals surface area contributed by atoms with Crippen molar-refractivity contribution in [3.05, 3.63) is 23.8 Å². The highest BCUT2D eigenvalue weighted by molar-refractivity contribution is 5.19. The predicted molar refractivity (Wildman–Crippen MR) is 66.7 cm³/mol. The van der Waals surface area contributed by atoms with Crippen LogP contribution in [0.25, 0.3) is 0 Å². The number of hydrogen-bond donors (Lipinski definition) is 0. The molecule has 0 atom stereocenters. The van der Waals surface area contributed by atoms with Crippen LogP contribution in [0, 0.1) is 0 Å². The van der Waals surface area contributed by atoms with E-state index in [9.17, 15) is 0 Å². The molecule has 1 aromatic heterocycles. The number of hydrogen-bond acceptors (Lipinski definition) is 4. The average molecular weight is 232 g/mol. The van der Waals surface area contributed by atoms with Gasteiger partial charge >= 0.3 is 0 Å². The maximum atomic E-state index is 4.36. The van der Waals surface area contributed by atoms with E-state index in [-0.39, 0.29) is 0 Å². The fourth-order valence-corrected chi connectivity index (χ4v) is 2.96. The Balaban J connectivity index is 1.68. The zero-order valence-corrected chi connectivity index (χ0v) is 10.5. The summed E-state index contributed by atoms with van der Waals surface area (Å²) < 4.78 is 0. The average Bonchev–Trinajstić information content (AvgIpc) is 2.39. The molecule has 0 bridgehead atoms. The number of nitrogens with zero attached hydrogens (tertiary/aromatic N) is 4. The summed E-state index contributed by atoms with van der Waals surface area (Å²) in [5.41, 5.74) is 2.59. The molecule has 1 fully saturated rings. The first-order chi connectivity index (χ1) is 8.33. The third-order valence-corrected chi connectivity index (χ3v) is 4.10. The summed E-state index contributed by atoms with van der Waals surface area (Å²) >= 11 is 0. The van der Waals surface area contributed by atoms with E-state index < -0.39 is 0 Å². The standard InChI is InChI=1S/C13H20N4/c1-16-5-2-12(3-6-16)17-7-4-13-11(9-17)8-14-10-15-13/h8,10,12H,2-7,9H2,1H3. The topological polar surface area (TPSA) is 32.3 Å². The molecule has 4 nitrogen and oxygen atoms in total. The van der Waals surface area contributed by atoms with Crippen molar-refractivity contribution in [1.29, 1.82) is 0 Å². The van der Waals surface area contributed by atoms with Gasteiger partial charge in [-0.2, -0.15) is 0 Å². The highest BCUT2D eigenvalue weighted by atomic mass is 15.2. The van der Waals surface area contributed by atoms with Crippen LogP contribution in [-0.4, -0.2) is 52.5 Å². The van der Waals surface area contributed by atoms with E-state index in [1.54, 1.807) is 6.33 Å². The molecule has 0 spiro atoms. The summed E-state index contributed by atoms with van der Waals surface area (Å²) in [5.74, 6) is 0. The minimum atomic E-state index is 0.763. The fourth-order valence-electron chi connectivity index (χ4n) is 2.96. The first-order valence-corrected chi connectivity index (χ1v) is 6.53. The molecule has 0 aliphatic carbocycles. The molecular formula is C13H20N4. The molecule has 0 amide bonds. The van der Waals surface area contributed by atoms with Gasteiger partial charge in [0.1, 0.15) is 6.33 Å². The minimum Gasteiger partial charge on any atom is -0.306 e. The van der Waals surface area contributed by atoms with Crippen molar-refractivity contribution >= 4 is 0 Å². The molecule has 0 saturated carbocycles. The zero-order chi connectivity index (χ0) is 11.7. The lowest BCUT2D eigenvalue weighted by molar-refractivity contribution is 0.109. The highest BCUT2D eigenvalue weighted by Crippen LogP contribution is 2.22. The molecule has 0 aromatic carbocycles. The molecule has 4 heteroatoms. The zero-order valence-electron chi connectivity index (χ0n) is 10.5. The van der Waals surface area contributed by atoms with Crippen molar-refractivity contribution < 1.29 is 0 Å². The van der Waals surface area contributed by atoms with Crippen LogP contribution in [-0.2, 0) is 13.0 Å². The van der Waals surface area contributed by atoms with Gasteiger partial charge in [-0.3, -0.25) is 4.90 Å². The Kier molecular flexibility index (Phi) is 3.07. The molecule has 3 heterocycles. The summed E-state index contributed by atoms with van der Waals surface area (Å²) in [6.07, 6.45) is 7.36. The second-order valence-corrected chi connectivity index (χ2v) is 5.25. The van der Waals surface area contributed by atoms with Gasteiger partial charge in [-0.05, 0) is 33.0 Å². The Morgan fingerprint density at radius 1 is 1.24 bits per heavy atom. The minimum absolute atomic E-state index is 0.763. The van der Waals surface area contributed by atoms with Crippen LogP contribution in [0.1, 0.15) is 24.1 Å². The van der Waals surface area contributed by atoms with E-state index >= 15 is 0 Å². The SMILES string of the molecule is CN1CCC(N2CCc3ncncc3C2)CC1. The van der Waals surface area contributed by atoms with Gasteiger partial charge in [-0.15, -0.1) is 0 Å². The smallest absolute Gasteiger partial charge is 0.115 e. The Morgan fingerprint density at radius 3 is 2.88 bits per heavy atom. The van der Waals surface area contributed by atoms with Gasteiger partial charge in [0, 0.05) is 43.0 Å². The summed E-state index contributed by atoms with van der Waals surface area (Å²) in [5, 5.41) is 0. The molecule has 0 radical (unpaired) electrons. The first-order valence-electron chi connectivity index (χ1n) is 6.53. The van der Waals surface area contributed by atoms with E-state index in [1.807, 2.05) is 6.20 Å². The monoisotopic (exact) mass is 232 g/mol. The van der Waals surface area contributed by atoms with Crippen LogP contribution in [0.2, 0.25) is 0 Å². The molecule has 2 aliphatic heterocycles. The summed E-state index contributed by atoms with van der Waals surface area (Å²) in [4.78, 5) is 13.6. The molecule has 1 aromatic rings. The van der Waals surface area contributed by atoms with E-state index in [0.29, 0.717) is 0 Å². The van der Waals surface area contributed by atoms with E-state index in [2.05, 4.69) is 26.8 Å². The van der Waals surface area contributed by atoms with Gasteiger partial charge in [0.2, 0.25) is 0 Å². The lowest BCUT2D eigenvalue weighted by atomic mass is 9.99. The largest absolute Gasteiger partial charge is 0.306 e. The van der Waals surface area contributed by atoms with Gasteiger partial charge in [0.25, 0.3) is 0 Å². The lowest BCUT2D eigenvalue weighted by Crippen LogP contribution is -2.45. The van der Waals surface area contributed by atoms with Crippen molar-refractivity contribution in [2.75, 3.05) is 26.7 Å². The molecule has 3 rings (SSSR count). The number of aromatic nitrogens is 2. The van der Waals surface area contributed by atoms with Crippen LogP contribution < -0.4 is 0 Å². The molecule has 0 unspecified atom stereocenters. The molecule has 17 heavy (non-hydrogen) atoms. The fraction of sp³-hybridized carbons (Fsp3) is 0.692. The van der Waals surface area contributed by atoms with Crippen molar-refractivity contribution in [3.63, 3.8) is 0 Å². The van der Waals surface area contributed by atoms with Crippen LogP contribution >= 0.6 is 0 Å². The van der Waals surface area contributed by atoms with Gasteiger partial charge in [-0.1, -0.05) is 0 Å². The Hall–Kier alpha value is -1.00. The molecule has 1 saturated heterocycles. The third kappa shape index (κ3) is 2.33. The maximum Gasteiger partial charge on any atom is 0.115 e. The molecule has 92 valence electrons. The van der Waals surface area contributed by atoms with Crippen LogP contribution in [0.5, 0.6) is 0 Å². The Bertz CT molecular complexity index is 385. The number of rotatable bonds is 1. The second-order valence-electron chi connectivity index (χ2n) is 5.25. The maximum absolute atomic E-state index is 4.36. The number of piperidine rings is 1. The van der Waals surface area contributed by atoms with Crippen LogP contribution in [0.15, 0.2) is 12.5 Å². The van der Waals surface area contributed by atoms with Gasteiger partial charge < -0.3 is 4.90 Å². The van der Waals surface area contributed by atoms with Crippen molar-refractivity contribution in [3.8, 4) is 0 Å². The normalized spacial score (nSPS) is 23.6. The van der Waals surface area contributed by atoms with E-state index in [1.165, 1.54) is 43.7 Å². The van der Waals surface area contributed by atoms with Gasteiger partial charge in [-0.25, -0.2) is 9.97 Å². The molecular weight excluding hydrogens is 212 g/mol. The van der Waals surface area contributed by atoms with Gasteiger partial charge in [0.15, 0.2) is 0 Å². The van der Waals surface area contributed by atoms with E-state index in [4.69, 9.17) is 0 Å². The van der Waals surface area contributed by atoms with E-state index in [0.717, 1.165) is 19.0 Å². The van der Waals surface area contributed by atoms with Crippen LogP contribution in [0.3, 0.4) is 0 Å². The molecule has 0 N–H and O–H groups in total. The second kappa shape index (κ2) is 4.70. The first kappa shape index (κ1) is 11.1. The number of likely N-dealkylation sites (tertiary alicyclic amines) is 1. The Labute approximate surface area is 103 Å². The van der Waals surface area contributed by atoms with Crippen molar-refractivity contribution in [2.45, 2.75) is 31.8 Å². The quantitative estimate of drug-likeness (QED) is 0.721. The number of fused-ring (bicyclic) bond motifs is 1. The highest BCUT2D eigenvalue weighted by Gasteiger charge is 2.26. The summed E-state index contributed by atoms with van der Waals surface area (Å²) in [7, 11) is 2.22. The van der Waals surface area contributed by atoms with Crippen LogP contribution in [0.4, 0.5) is 0 Å².